The van der Waals surface area contributed by atoms with Crippen molar-refractivity contribution in [1.82, 2.24) is 4.57 Å². The van der Waals surface area contributed by atoms with Gasteiger partial charge in [0.2, 0.25) is 0 Å². The molecule has 0 aliphatic heterocycles. The number of benzene rings is 7. The Labute approximate surface area is 294 Å². The molecule has 0 amide bonds. The molecule has 50 heavy (non-hydrogen) atoms. The van der Waals surface area contributed by atoms with E-state index >= 15 is 0 Å². The van der Waals surface area contributed by atoms with E-state index in [4.69, 9.17) is 0 Å². The molecule has 7 aromatic carbocycles. The lowest BCUT2D eigenvalue weighted by atomic mass is 9.89. The summed E-state index contributed by atoms with van der Waals surface area (Å²) in [4.78, 5) is 4.10. The van der Waals surface area contributed by atoms with Gasteiger partial charge >= 0.3 is 0 Å². The molecule has 0 radical (unpaired) electrons. The van der Waals surface area contributed by atoms with Gasteiger partial charge in [0.25, 0.3) is 0 Å². The number of allylic oxidation sites excluding steroid dienone is 2. The van der Waals surface area contributed by atoms with Crippen molar-refractivity contribution < 1.29 is 0 Å². The quantitative estimate of drug-likeness (QED) is 0.168. The highest BCUT2D eigenvalue weighted by molar-refractivity contribution is 8.34. The van der Waals surface area contributed by atoms with Gasteiger partial charge in [0.05, 0.1) is 11.0 Å². The number of para-hydroxylation sites is 2. The lowest BCUT2D eigenvalue weighted by Crippen LogP contribution is -2.17. The summed E-state index contributed by atoms with van der Waals surface area (Å²) < 4.78 is 2.50. The molecular formula is C48H35NS. The van der Waals surface area contributed by atoms with Crippen LogP contribution in [0.15, 0.2) is 215 Å². The van der Waals surface area contributed by atoms with Crippen LogP contribution in [0.25, 0.3) is 38.6 Å². The molecule has 2 heteroatoms. The van der Waals surface area contributed by atoms with E-state index < -0.39 is 10.0 Å². The van der Waals surface area contributed by atoms with Crippen molar-refractivity contribution >= 4 is 31.8 Å². The Kier molecular flexibility index (Phi) is 6.79. The zero-order valence-electron chi connectivity index (χ0n) is 27.6. The second-order valence-electron chi connectivity index (χ2n) is 13.3. The summed E-state index contributed by atoms with van der Waals surface area (Å²) >= 11 is 0. The fraction of sp³-hybridized carbons (Fsp3) is 0.0417. The Morgan fingerprint density at radius 2 is 0.900 bits per heavy atom. The van der Waals surface area contributed by atoms with Crippen LogP contribution in [0.1, 0.15) is 22.6 Å². The van der Waals surface area contributed by atoms with Gasteiger partial charge in [-0.1, -0.05) is 146 Å². The van der Waals surface area contributed by atoms with E-state index in [0.29, 0.717) is 0 Å². The Morgan fingerprint density at radius 1 is 0.420 bits per heavy atom. The van der Waals surface area contributed by atoms with Crippen LogP contribution in [0.2, 0.25) is 0 Å². The average Bonchev–Trinajstić information content (AvgIpc) is 3.92. The van der Waals surface area contributed by atoms with Gasteiger partial charge in [0, 0.05) is 32.5 Å². The monoisotopic (exact) mass is 657 g/mol. The van der Waals surface area contributed by atoms with Crippen LogP contribution in [0.4, 0.5) is 0 Å². The largest absolute Gasteiger partial charge is 0.309 e. The van der Waals surface area contributed by atoms with Gasteiger partial charge in [-0.05, 0) is 92.2 Å². The lowest BCUT2D eigenvalue weighted by molar-refractivity contribution is 0.992. The molecule has 0 N–H and O–H groups in total. The van der Waals surface area contributed by atoms with Crippen LogP contribution >= 0.6 is 10.0 Å². The number of nitrogens with zero attached hydrogens (tertiary/aromatic N) is 1. The molecular weight excluding hydrogens is 623 g/mol. The molecule has 1 aromatic heterocycles. The number of hydrogen-bond acceptors (Lipinski definition) is 0. The van der Waals surface area contributed by atoms with Crippen LogP contribution in [0, 0.1) is 0 Å². The van der Waals surface area contributed by atoms with E-state index in [1.807, 2.05) is 0 Å². The normalized spacial score (nSPS) is 14.4. The second-order valence-corrected chi connectivity index (χ2v) is 16.5. The standard InChI is InChI=1S/C48H35NS/c1-3-17-36(18-4-1)50(38-21-7-8-22-38,37-19-5-2-6-20-37)39-32-34(48-44-27-11-9-23-40(44)41-24-10-12-28-45(41)48)31-35(33-39)49-46-29-15-13-25-42(46)43-26-14-16-30-47(43)49/h1-33,38,48H. The highest BCUT2D eigenvalue weighted by Crippen LogP contribution is 2.73. The smallest absolute Gasteiger partial charge is 0.0541 e. The van der Waals surface area contributed by atoms with Gasteiger partial charge in [0.15, 0.2) is 0 Å². The van der Waals surface area contributed by atoms with Crippen LogP contribution in [-0.4, -0.2) is 9.82 Å². The van der Waals surface area contributed by atoms with Gasteiger partial charge in [0.1, 0.15) is 0 Å². The SMILES string of the molecule is C1=CC(S(c2ccccc2)(c2ccccc2)c2cc(C3c4ccccc4-c4ccccc43)cc(-n3c4ccccc4c4ccccc43)c2)C=C1. The first kappa shape index (κ1) is 29.1. The van der Waals surface area contributed by atoms with Crippen molar-refractivity contribution in [3.8, 4) is 16.8 Å². The Balaban J connectivity index is 1.36. The summed E-state index contributed by atoms with van der Waals surface area (Å²) in [6, 6.07) is 65.9. The van der Waals surface area contributed by atoms with E-state index in [9.17, 15) is 0 Å². The van der Waals surface area contributed by atoms with Gasteiger partial charge in [-0.2, -0.15) is 10.0 Å². The molecule has 1 nitrogen and oxygen atoms in total. The van der Waals surface area contributed by atoms with Gasteiger partial charge in [-0.15, -0.1) is 0 Å². The van der Waals surface area contributed by atoms with Gasteiger partial charge in [-0.25, -0.2) is 0 Å². The van der Waals surface area contributed by atoms with Crippen molar-refractivity contribution in [3.05, 3.63) is 217 Å². The number of hydrogen-bond donors (Lipinski definition) is 0. The molecule has 10 rings (SSSR count). The minimum Gasteiger partial charge on any atom is -0.309 e. The van der Waals surface area contributed by atoms with Crippen LogP contribution in [0.5, 0.6) is 0 Å². The maximum absolute atomic E-state index is 2.57. The first-order valence-electron chi connectivity index (χ1n) is 17.4. The highest BCUT2D eigenvalue weighted by Gasteiger charge is 2.39. The van der Waals surface area contributed by atoms with Crippen molar-refractivity contribution in [3.63, 3.8) is 0 Å². The van der Waals surface area contributed by atoms with Crippen LogP contribution in [0.3, 0.4) is 0 Å². The van der Waals surface area contributed by atoms with E-state index in [1.54, 1.807) is 0 Å². The molecule has 8 aromatic rings. The van der Waals surface area contributed by atoms with Crippen molar-refractivity contribution in [2.45, 2.75) is 25.9 Å². The van der Waals surface area contributed by atoms with Crippen molar-refractivity contribution in [2.24, 2.45) is 0 Å². The summed E-state index contributed by atoms with van der Waals surface area (Å²) in [5.74, 6) is 0.118. The minimum absolute atomic E-state index is 0.118. The molecule has 0 saturated heterocycles. The number of fused-ring (bicyclic) bond motifs is 6. The maximum Gasteiger partial charge on any atom is 0.0541 e. The molecule has 1 heterocycles. The molecule has 2 aliphatic carbocycles. The third-order valence-electron chi connectivity index (χ3n) is 10.6. The third kappa shape index (κ3) is 4.28. The molecule has 2 aliphatic rings. The zero-order valence-corrected chi connectivity index (χ0v) is 28.4. The van der Waals surface area contributed by atoms with E-state index in [-0.39, 0.29) is 11.2 Å². The topological polar surface area (TPSA) is 4.93 Å². The van der Waals surface area contributed by atoms with Crippen LogP contribution in [-0.2, 0) is 0 Å². The van der Waals surface area contributed by atoms with Crippen LogP contribution < -0.4 is 0 Å². The molecule has 0 spiro atoms. The van der Waals surface area contributed by atoms with E-state index in [2.05, 4.69) is 205 Å². The van der Waals surface area contributed by atoms with E-state index in [1.165, 1.54) is 70.0 Å². The number of rotatable bonds is 6. The Hall–Kier alpha value is -5.83. The summed E-state index contributed by atoms with van der Waals surface area (Å²) in [5, 5.41) is 2.76. The Bertz CT molecular complexity index is 2460. The summed E-state index contributed by atoms with van der Waals surface area (Å²) in [6.07, 6.45) is 9.31. The maximum atomic E-state index is 2.57. The van der Waals surface area contributed by atoms with Crippen molar-refractivity contribution in [1.29, 1.82) is 0 Å². The first-order chi connectivity index (χ1) is 24.8. The average molecular weight is 658 g/mol. The molecule has 0 unspecified atom stereocenters. The zero-order chi connectivity index (χ0) is 33.1. The molecule has 0 fully saturated rings. The number of aromatic nitrogens is 1. The summed E-state index contributed by atoms with van der Waals surface area (Å²) in [6.45, 7) is 0. The fourth-order valence-corrected chi connectivity index (χ4v) is 12.8. The van der Waals surface area contributed by atoms with Crippen molar-refractivity contribution in [2.75, 3.05) is 0 Å². The predicted molar refractivity (Wildman–Crippen MR) is 211 cm³/mol. The minimum atomic E-state index is -1.82. The predicted octanol–water partition coefficient (Wildman–Crippen LogP) is 12.7. The molecule has 238 valence electrons. The van der Waals surface area contributed by atoms with Gasteiger partial charge in [-0.3, -0.25) is 0 Å². The lowest BCUT2D eigenvalue weighted by Gasteiger charge is -2.45. The summed E-state index contributed by atoms with van der Waals surface area (Å²) in [5.41, 5.74) is 10.4. The third-order valence-corrected chi connectivity index (χ3v) is 14.8. The molecule has 0 atom stereocenters. The second kappa shape index (κ2) is 11.7. The van der Waals surface area contributed by atoms with Gasteiger partial charge < -0.3 is 4.57 Å². The Morgan fingerprint density at radius 3 is 1.46 bits per heavy atom. The molecule has 0 saturated carbocycles. The molecule has 0 bridgehead atoms. The summed E-state index contributed by atoms with van der Waals surface area (Å²) in [7, 11) is -1.82. The highest BCUT2D eigenvalue weighted by atomic mass is 32.3. The first-order valence-corrected chi connectivity index (χ1v) is 19.1. The van der Waals surface area contributed by atoms with E-state index in [0.717, 1.165) is 0 Å². The fourth-order valence-electron chi connectivity index (χ4n) is 8.60.